The highest BCUT2D eigenvalue weighted by molar-refractivity contribution is 5.82. The molecule has 2 unspecified atom stereocenters. The fourth-order valence-corrected chi connectivity index (χ4v) is 3.10. The second-order valence-electron chi connectivity index (χ2n) is 6.86. The van der Waals surface area contributed by atoms with E-state index in [-0.39, 0.29) is 23.8 Å². The van der Waals surface area contributed by atoms with E-state index < -0.39 is 11.7 Å². The van der Waals surface area contributed by atoms with Crippen molar-refractivity contribution < 1.29 is 18.0 Å². The lowest BCUT2D eigenvalue weighted by molar-refractivity contribution is -0.137. The number of alkyl halides is 3. The largest absolute Gasteiger partial charge is 0.416 e. The molecule has 1 amide bonds. The van der Waals surface area contributed by atoms with E-state index in [1.165, 1.54) is 6.07 Å². The Kier molecular flexibility index (Phi) is 5.02. The lowest BCUT2D eigenvalue weighted by atomic mass is 10.1. The number of hydrogen-bond donors (Lipinski definition) is 1. The van der Waals surface area contributed by atoms with Crippen LogP contribution in [0.2, 0.25) is 0 Å². The molecule has 5 nitrogen and oxygen atoms in total. The van der Waals surface area contributed by atoms with Crippen molar-refractivity contribution in [1.82, 2.24) is 20.1 Å². The first kappa shape index (κ1) is 18.4. The van der Waals surface area contributed by atoms with Gasteiger partial charge in [-0.05, 0) is 37.8 Å². The monoisotopic (exact) mass is 366 g/mol. The van der Waals surface area contributed by atoms with Crippen LogP contribution in [-0.4, -0.2) is 27.2 Å². The third-order valence-electron chi connectivity index (χ3n) is 4.62. The maximum absolute atomic E-state index is 12.8. The summed E-state index contributed by atoms with van der Waals surface area (Å²) in [6.45, 7) is 4.47. The molecule has 140 valence electrons. The van der Waals surface area contributed by atoms with E-state index in [0.29, 0.717) is 24.9 Å². The molecule has 0 bridgehead atoms. The summed E-state index contributed by atoms with van der Waals surface area (Å²) in [5, 5.41) is 10.8. The highest BCUT2D eigenvalue weighted by Crippen LogP contribution is 2.48. The summed E-state index contributed by atoms with van der Waals surface area (Å²) in [4.78, 5) is 12.2. The number of benzene rings is 1. The van der Waals surface area contributed by atoms with E-state index in [2.05, 4.69) is 15.5 Å². The van der Waals surface area contributed by atoms with E-state index in [1.54, 1.807) is 12.4 Å². The van der Waals surface area contributed by atoms with Crippen molar-refractivity contribution in [3.8, 4) is 0 Å². The van der Waals surface area contributed by atoms with Gasteiger partial charge in [0.25, 0.3) is 0 Å². The van der Waals surface area contributed by atoms with Crippen molar-refractivity contribution in [3.63, 3.8) is 0 Å². The lowest BCUT2D eigenvalue weighted by Crippen LogP contribution is -2.28. The molecular formula is C18H21F3N4O. The van der Waals surface area contributed by atoms with Crippen LogP contribution in [0.1, 0.15) is 49.2 Å². The summed E-state index contributed by atoms with van der Waals surface area (Å²) in [6.07, 6.45) is -1.57. The molecular weight excluding hydrogens is 345 g/mol. The van der Waals surface area contributed by atoms with E-state index in [1.807, 2.05) is 18.4 Å². The maximum Gasteiger partial charge on any atom is 0.416 e. The minimum atomic E-state index is -4.37. The number of carbonyl (C=O) groups is 1. The zero-order chi connectivity index (χ0) is 18.9. The van der Waals surface area contributed by atoms with Crippen LogP contribution in [0.15, 0.2) is 30.6 Å². The molecule has 3 rings (SSSR count). The second kappa shape index (κ2) is 7.09. The molecule has 0 spiro atoms. The first-order valence-electron chi connectivity index (χ1n) is 8.60. The van der Waals surface area contributed by atoms with Gasteiger partial charge in [0, 0.05) is 24.9 Å². The Labute approximate surface area is 149 Å². The molecule has 2 aromatic rings. The third-order valence-corrected chi connectivity index (χ3v) is 4.62. The number of nitrogens with zero attached hydrogens (tertiary/aromatic N) is 3. The lowest BCUT2D eigenvalue weighted by Gasteiger charge is -2.10. The molecule has 1 saturated carbocycles. The SMILES string of the molecule is CC(C)n1cnnc1CCNC(=O)C1CC1c1cccc(C(F)(F)F)c1. The van der Waals surface area contributed by atoms with Crippen molar-refractivity contribution in [2.24, 2.45) is 5.92 Å². The van der Waals surface area contributed by atoms with E-state index >= 15 is 0 Å². The van der Waals surface area contributed by atoms with Crippen LogP contribution in [0.4, 0.5) is 13.2 Å². The molecule has 1 aliphatic rings. The van der Waals surface area contributed by atoms with Crippen LogP contribution in [0.5, 0.6) is 0 Å². The number of hydrogen-bond acceptors (Lipinski definition) is 3. The first-order valence-corrected chi connectivity index (χ1v) is 8.60. The number of carbonyl (C=O) groups excluding carboxylic acids is 1. The summed E-state index contributed by atoms with van der Waals surface area (Å²) < 4.78 is 40.4. The van der Waals surface area contributed by atoms with Gasteiger partial charge < -0.3 is 9.88 Å². The molecule has 0 aliphatic heterocycles. The zero-order valence-electron chi connectivity index (χ0n) is 14.6. The van der Waals surface area contributed by atoms with Crippen molar-refractivity contribution in [2.45, 2.75) is 44.8 Å². The topological polar surface area (TPSA) is 59.8 Å². The summed E-state index contributed by atoms with van der Waals surface area (Å²) in [6, 6.07) is 5.47. The Morgan fingerprint density at radius 3 is 2.85 bits per heavy atom. The molecule has 1 aromatic carbocycles. The Bertz CT molecular complexity index is 785. The number of rotatable bonds is 6. The number of halogens is 3. The molecule has 1 N–H and O–H groups in total. The molecule has 1 aliphatic carbocycles. The molecule has 26 heavy (non-hydrogen) atoms. The maximum atomic E-state index is 12.8. The van der Waals surface area contributed by atoms with Crippen molar-refractivity contribution >= 4 is 5.91 Å². The molecule has 1 aromatic heterocycles. The number of aromatic nitrogens is 3. The predicted molar refractivity (Wildman–Crippen MR) is 89.4 cm³/mol. The standard InChI is InChI=1S/C18H21F3N4O/c1-11(2)25-10-23-24-16(25)6-7-22-17(26)15-9-14(15)12-4-3-5-13(8-12)18(19,20)21/h3-5,8,10-11,14-15H,6-7,9H2,1-2H3,(H,22,26). The molecule has 0 saturated heterocycles. The molecule has 1 heterocycles. The van der Waals surface area contributed by atoms with Crippen molar-refractivity contribution in [2.75, 3.05) is 6.54 Å². The quantitative estimate of drug-likeness (QED) is 0.853. The summed E-state index contributed by atoms with van der Waals surface area (Å²) in [5.74, 6) is 0.270. The van der Waals surface area contributed by atoms with Gasteiger partial charge >= 0.3 is 6.18 Å². The van der Waals surface area contributed by atoms with Crippen LogP contribution in [0.25, 0.3) is 0 Å². The smallest absolute Gasteiger partial charge is 0.355 e. The van der Waals surface area contributed by atoms with Gasteiger partial charge in [0.2, 0.25) is 5.91 Å². The van der Waals surface area contributed by atoms with Gasteiger partial charge in [0.05, 0.1) is 5.56 Å². The fraction of sp³-hybridized carbons (Fsp3) is 0.500. The average Bonchev–Trinajstić information content (AvgIpc) is 3.25. The highest BCUT2D eigenvalue weighted by Gasteiger charge is 2.44. The normalized spacial score (nSPS) is 19.6. The van der Waals surface area contributed by atoms with Gasteiger partial charge in [-0.1, -0.05) is 18.2 Å². The van der Waals surface area contributed by atoms with Gasteiger partial charge in [-0.25, -0.2) is 0 Å². The van der Waals surface area contributed by atoms with Crippen LogP contribution >= 0.6 is 0 Å². The highest BCUT2D eigenvalue weighted by atomic mass is 19.4. The van der Waals surface area contributed by atoms with Gasteiger partial charge in [0.15, 0.2) is 0 Å². The Balaban J connectivity index is 1.52. The predicted octanol–water partition coefficient (Wildman–Crippen LogP) is 3.34. The minimum absolute atomic E-state index is 0.122. The first-order chi connectivity index (χ1) is 12.3. The number of nitrogens with one attached hydrogen (secondary N) is 1. The fourth-order valence-electron chi connectivity index (χ4n) is 3.10. The zero-order valence-corrected chi connectivity index (χ0v) is 14.6. The van der Waals surface area contributed by atoms with Gasteiger partial charge in [0.1, 0.15) is 12.2 Å². The van der Waals surface area contributed by atoms with Crippen molar-refractivity contribution in [3.05, 3.63) is 47.5 Å². The molecule has 8 heteroatoms. The second-order valence-corrected chi connectivity index (χ2v) is 6.86. The van der Waals surface area contributed by atoms with Crippen LogP contribution in [-0.2, 0) is 17.4 Å². The van der Waals surface area contributed by atoms with Gasteiger partial charge in [-0.15, -0.1) is 10.2 Å². The Hall–Kier alpha value is -2.38. The van der Waals surface area contributed by atoms with Crippen LogP contribution in [0, 0.1) is 5.92 Å². The van der Waals surface area contributed by atoms with Crippen LogP contribution in [0.3, 0.4) is 0 Å². The van der Waals surface area contributed by atoms with Crippen molar-refractivity contribution in [1.29, 1.82) is 0 Å². The van der Waals surface area contributed by atoms with E-state index in [9.17, 15) is 18.0 Å². The van der Waals surface area contributed by atoms with Gasteiger partial charge in [-0.3, -0.25) is 4.79 Å². The minimum Gasteiger partial charge on any atom is -0.355 e. The van der Waals surface area contributed by atoms with E-state index in [4.69, 9.17) is 0 Å². The average molecular weight is 366 g/mol. The van der Waals surface area contributed by atoms with Gasteiger partial charge in [-0.2, -0.15) is 13.2 Å². The number of amides is 1. The third kappa shape index (κ3) is 4.05. The summed E-state index contributed by atoms with van der Waals surface area (Å²) >= 11 is 0. The molecule has 2 atom stereocenters. The molecule has 0 radical (unpaired) electrons. The van der Waals surface area contributed by atoms with Crippen LogP contribution < -0.4 is 5.32 Å². The summed E-state index contributed by atoms with van der Waals surface area (Å²) in [7, 11) is 0. The summed E-state index contributed by atoms with van der Waals surface area (Å²) in [5.41, 5.74) is -0.103. The van der Waals surface area contributed by atoms with E-state index in [0.717, 1.165) is 18.0 Å². The Morgan fingerprint density at radius 2 is 2.15 bits per heavy atom. The molecule has 1 fully saturated rings. The Morgan fingerprint density at radius 1 is 1.38 bits per heavy atom.